The molecule has 0 aliphatic carbocycles. The van der Waals surface area contributed by atoms with Gasteiger partial charge in [-0.25, -0.2) is 0 Å². The number of anilines is 1. The van der Waals surface area contributed by atoms with Crippen LogP contribution in [0, 0.1) is 0 Å². The topological polar surface area (TPSA) is 54.0 Å². The van der Waals surface area contributed by atoms with Crippen LogP contribution in [0.1, 0.15) is 5.69 Å². The van der Waals surface area contributed by atoms with E-state index in [1.807, 2.05) is 53.4 Å². The lowest BCUT2D eigenvalue weighted by Crippen LogP contribution is -2.34. The Hall–Kier alpha value is -2.31. The molecule has 0 fully saturated rings. The van der Waals surface area contributed by atoms with Gasteiger partial charge in [0.2, 0.25) is 5.11 Å². The molecule has 0 N–H and O–H groups in total. The summed E-state index contributed by atoms with van der Waals surface area (Å²) in [6.07, 6.45) is 0.320. The first kappa shape index (κ1) is 14.3. The van der Waals surface area contributed by atoms with E-state index in [1.54, 1.807) is 0 Å². The number of thiocarbonyl (C=S) groups is 1. The first-order valence-corrected chi connectivity index (χ1v) is 7.84. The summed E-state index contributed by atoms with van der Waals surface area (Å²) in [7, 11) is 0. The van der Waals surface area contributed by atoms with Crippen molar-refractivity contribution in [2.24, 2.45) is 10.2 Å². The van der Waals surface area contributed by atoms with E-state index in [0.29, 0.717) is 16.6 Å². The fourth-order valence-electron chi connectivity index (χ4n) is 2.62. The van der Waals surface area contributed by atoms with E-state index in [9.17, 15) is 0 Å². The number of hydrogen-bond donors (Lipinski definition) is 0. The van der Waals surface area contributed by atoms with E-state index in [-0.39, 0.29) is 6.17 Å². The highest BCUT2D eigenvalue weighted by Gasteiger charge is 2.29. The van der Waals surface area contributed by atoms with Crippen LogP contribution in [0.4, 0.5) is 5.69 Å². The minimum absolute atomic E-state index is 0.239. The molecule has 7 heteroatoms. The van der Waals surface area contributed by atoms with Crippen molar-refractivity contribution < 1.29 is 4.52 Å². The van der Waals surface area contributed by atoms with E-state index in [2.05, 4.69) is 15.4 Å². The third-order valence-corrected chi connectivity index (χ3v) is 4.24. The van der Waals surface area contributed by atoms with Crippen molar-refractivity contribution in [1.82, 2.24) is 5.16 Å². The molecule has 1 aliphatic rings. The molecule has 2 aromatic carbocycles. The number of rotatable bonds is 3. The number of nitrogens with zero attached hydrogens (tertiary/aromatic N) is 4. The van der Waals surface area contributed by atoms with Crippen molar-refractivity contribution >= 4 is 45.6 Å². The molecule has 1 aliphatic heterocycles. The molecule has 4 rings (SSSR count). The van der Waals surface area contributed by atoms with E-state index >= 15 is 0 Å². The molecular weight excluding hydrogens is 332 g/mol. The molecule has 0 saturated heterocycles. The highest BCUT2D eigenvalue weighted by Crippen LogP contribution is 2.28. The minimum atomic E-state index is -0.239. The van der Waals surface area contributed by atoms with Gasteiger partial charge in [0.25, 0.3) is 0 Å². The lowest BCUT2D eigenvalue weighted by atomic mass is 10.1. The van der Waals surface area contributed by atoms with Crippen LogP contribution in [0.15, 0.2) is 63.3 Å². The first-order chi connectivity index (χ1) is 11.2. The van der Waals surface area contributed by atoms with Gasteiger partial charge in [0.05, 0.1) is 5.69 Å². The average Bonchev–Trinajstić information content (AvgIpc) is 3.13. The summed E-state index contributed by atoms with van der Waals surface area (Å²) >= 11 is 11.3. The first-order valence-electron chi connectivity index (χ1n) is 7.05. The second-order valence-corrected chi connectivity index (χ2v) is 5.96. The number of aromatic nitrogens is 1. The summed E-state index contributed by atoms with van der Waals surface area (Å²) in [4.78, 5) is 1.90. The van der Waals surface area contributed by atoms with Crippen molar-refractivity contribution in [2.45, 2.75) is 12.6 Å². The molecule has 0 bridgehead atoms. The summed E-state index contributed by atoms with van der Waals surface area (Å²) in [6, 6.07) is 15.2. The standard InChI is InChI=1S/C16H11ClN4OS/c17-10-5-7-11(8-6-10)21-15(18-19-16(21)23)9-13-12-3-1-2-4-14(12)22-20-13/h1-8,15H,9H2. The van der Waals surface area contributed by atoms with Gasteiger partial charge in [0.15, 0.2) is 11.7 Å². The molecule has 0 radical (unpaired) electrons. The van der Waals surface area contributed by atoms with Crippen molar-refractivity contribution in [1.29, 1.82) is 0 Å². The van der Waals surface area contributed by atoms with Gasteiger partial charge in [0, 0.05) is 22.5 Å². The molecule has 0 saturated carbocycles. The molecule has 3 aromatic rings. The van der Waals surface area contributed by atoms with Crippen LogP contribution in [0.25, 0.3) is 11.0 Å². The number of halogens is 1. The Labute approximate surface area is 142 Å². The molecule has 23 heavy (non-hydrogen) atoms. The summed E-state index contributed by atoms with van der Waals surface area (Å²) in [6.45, 7) is 0. The third-order valence-electron chi connectivity index (χ3n) is 3.71. The Morgan fingerprint density at radius 2 is 1.91 bits per heavy atom. The number of para-hydroxylation sites is 1. The maximum Gasteiger partial charge on any atom is 0.222 e. The van der Waals surface area contributed by atoms with Gasteiger partial charge in [-0.1, -0.05) is 28.9 Å². The monoisotopic (exact) mass is 342 g/mol. The Morgan fingerprint density at radius 3 is 2.74 bits per heavy atom. The highest BCUT2D eigenvalue weighted by molar-refractivity contribution is 7.80. The fourth-order valence-corrected chi connectivity index (χ4v) is 3.02. The van der Waals surface area contributed by atoms with E-state index in [4.69, 9.17) is 28.3 Å². The fraction of sp³-hybridized carbons (Fsp3) is 0.125. The summed E-state index contributed by atoms with van der Waals surface area (Å²) in [5.41, 5.74) is 2.51. The molecule has 0 amide bonds. The number of hydrogen-bond acceptors (Lipinski definition) is 4. The predicted octanol–water partition coefficient (Wildman–Crippen LogP) is 4.61. The summed E-state index contributed by atoms with van der Waals surface area (Å²) in [5, 5.41) is 14.6. The van der Waals surface area contributed by atoms with Crippen molar-refractivity contribution in [3.05, 3.63) is 59.2 Å². The lowest BCUT2D eigenvalue weighted by Gasteiger charge is -2.22. The van der Waals surface area contributed by atoms with Crippen LogP contribution < -0.4 is 4.90 Å². The molecule has 114 valence electrons. The second kappa shape index (κ2) is 5.72. The number of fused-ring (bicyclic) bond motifs is 1. The molecule has 1 atom stereocenters. The van der Waals surface area contributed by atoms with Crippen LogP contribution in [-0.2, 0) is 6.42 Å². The Bertz CT molecular complexity index is 906. The largest absolute Gasteiger partial charge is 0.356 e. The molecule has 2 heterocycles. The number of benzene rings is 2. The molecule has 0 spiro atoms. The third kappa shape index (κ3) is 2.60. The average molecular weight is 343 g/mol. The van der Waals surface area contributed by atoms with Gasteiger partial charge >= 0.3 is 0 Å². The van der Waals surface area contributed by atoms with Crippen molar-refractivity contribution in [3.8, 4) is 0 Å². The van der Waals surface area contributed by atoms with Gasteiger partial charge in [-0.05, 0) is 48.6 Å². The SMILES string of the molecule is S=C1N=NC(Cc2noc3ccccc23)N1c1ccc(Cl)cc1. The lowest BCUT2D eigenvalue weighted by molar-refractivity contribution is 0.442. The Kier molecular flexibility index (Phi) is 3.55. The molecule has 1 unspecified atom stereocenters. The van der Waals surface area contributed by atoms with Crippen LogP contribution in [0.2, 0.25) is 5.02 Å². The molecule has 1 aromatic heterocycles. The molecular formula is C16H11ClN4OS. The zero-order valence-electron chi connectivity index (χ0n) is 11.9. The van der Waals surface area contributed by atoms with Gasteiger partial charge in [-0.2, -0.15) is 5.11 Å². The minimum Gasteiger partial charge on any atom is -0.356 e. The quantitative estimate of drug-likeness (QED) is 0.652. The van der Waals surface area contributed by atoms with Gasteiger partial charge in [0.1, 0.15) is 0 Å². The van der Waals surface area contributed by atoms with Crippen LogP contribution in [-0.4, -0.2) is 16.4 Å². The highest BCUT2D eigenvalue weighted by atomic mass is 35.5. The van der Waals surface area contributed by atoms with Gasteiger partial charge in [-0.15, -0.1) is 5.11 Å². The smallest absolute Gasteiger partial charge is 0.222 e. The Balaban J connectivity index is 1.66. The zero-order valence-corrected chi connectivity index (χ0v) is 13.5. The van der Waals surface area contributed by atoms with E-state index in [0.717, 1.165) is 22.4 Å². The normalized spacial score (nSPS) is 17.3. The van der Waals surface area contributed by atoms with Crippen molar-refractivity contribution in [2.75, 3.05) is 4.90 Å². The second-order valence-electron chi connectivity index (χ2n) is 5.15. The van der Waals surface area contributed by atoms with Crippen molar-refractivity contribution in [3.63, 3.8) is 0 Å². The van der Waals surface area contributed by atoms with Crippen LogP contribution in [0.3, 0.4) is 0 Å². The van der Waals surface area contributed by atoms with E-state index in [1.165, 1.54) is 0 Å². The molecule has 5 nitrogen and oxygen atoms in total. The van der Waals surface area contributed by atoms with Gasteiger partial charge < -0.3 is 4.52 Å². The summed E-state index contributed by atoms with van der Waals surface area (Å²) in [5.74, 6) is 0. The van der Waals surface area contributed by atoms with Crippen LogP contribution >= 0.6 is 23.8 Å². The predicted molar refractivity (Wildman–Crippen MR) is 92.9 cm³/mol. The maximum absolute atomic E-state index is 5.95. The Morgan fingerprint density at radius 1 is 1.13 bits per heavy atom. The number of azo groups is 1. The van der Waals surface area contributed by atoms with Gasteiger partial charge in [-0.3, -0.25) is 4.90 Å². The summed E-state index contributed by atoms with van der Waals surface area (Å²) < 4.78 is 5.35. The van der Waals surface area contributed by atoms with Crippen LogP contribution in [0.5, 0.6) is 0 Å². The zero-order chi connectivity index (χ0) is 15.8. The van der Waals surface area contributed by atoms with E-state index < -0.39 is 0 Å². The maximum atomic E-state index is 5.95.